The number of nitrogens with zero attached hydrogens (tertiary/aromatic N) is 7. The molecule has 0 saturated carbocycles. The Bertz CT molecular complexity index is 802. The van der Waals surface area contributed by atoms with Crippen molar-refractivity contribution in [3.63, 3.8) is 0 Å². The summed E-state index contributed by atoms with van der Waals surface area (Å²) in [6.07, 6.45) is 2.46. The van der Waals surface area contributed by atoms with Gasteiger partial charge in [0.15, 0.2) is 0 Å². The van der Waals surface area contributed by atoms with E-state index < -0.39 is 17.9 Å². The largest absolute Gasteiger partial charge is 0.480 e. The van der Waals surface area contributed by atoms with Crippen LogP contribution in [0.5, 0.6) is 0 Å². The molecule has 41 heavy (non-hydrogen) atoms. The van der Waals surface area contributed by atoms with Crippen LogP contribution in [0.15, 0.2) is 0 Å². The van der Waals surface area contributed by atoms with Gasteiger partial charge < -0.3 is 30.0 Å². The Morgan fingerprint density at radius 1 is 0.585 bits per heavy atom. The summed E-state index contributed by atoms with van der Waals surface area (Å²) in [6, 6.07) is 0. The van der Waals surface area contributed by atoms with Gasteiger partial charge in [0.1, 0.15) is 0 Å². The van der Waals surface area contributed by atoms with E-state index in [1.807, 2.05) is 11.9 Å². The van der Waals surface area contributed by atoms with E-state index in [4.69, 9.17) is 0 Å². The highest BCUT2D eigenvalue weighted by Crippen LogP contribution is 2.03. The Hall–Kier alpha value is -2.85. The lowest BCUT2D eigenvalue weighted by Gasteiger charge is -2.33. The fraction of sp³-hybridized carbons (Fsp3) is 0.808. The number of hydrogen-bond donors (Lipinski definition) is 3. The van der Waals surface area contributed by atoms with Crippen molar-refractivity contribution in [2.45, 2.75) is 12.8 Å². The minimum absolute atomic E-state index is 0.0745. The van der Waals surface area contributed by atoms with Gasteiger partial charge in [0.05, 0.1) is 26.2 Å². The molecule has 0 aliphatic carbocycles. The van der Waals surface area contributed by atoms with E-state index in [9.17, 15) is 39.3 Å². The predicted octanol–water partition coefficient (Wildman–Crippen LogP) is -2.28. The number of aliphatic carboxylic acids is 3. The molecule has 1 aliphatic heterocycles. The zero-order valence-electron chi connectivity index (χ0n) is 24.8. The van der Waals surface area contributed by atoms with Crippen molar-refractivity contribution >= 4 is 30.2 Å². The van der Waals surface area contributed by atoms with Crippen LogP contribution in [0.3, 0.4) is 0 Å². The molecule has 0 aromatic carbocycles. The topological polar surface area (TPSA) is 169 Å². The van der Waals surface area contributed by atoms with Crippen LogP contribution < -0.4 is 0 Å². The van der Waals surface area contributed by atoms with Crippen LogP contribution in [0.2, 0.25) is 0 Å². The van der Waals surface area contributed by atoms with Crippen molar-refractivity contribution in [1.82, 2.24) is 34.3 Å². The summed E-state index contributed by atoms with van der Waals surface area (Å²) in [4.78, 5) is 70.5. The Labute approximate surface area is 242 Å². The Morgan fingerprint density at radius 3 is 1.27 bits per heavy atom. The molecule has 0 aromatic rings. The van der Waals surface area contributed by atoms with Crippen molar-refractivity contribution in [2.24, 2.45) is 0 Å². The van der Waals surface area contributed by atoms with Gasteiger partial charge in [0, 0.05) is 79.5 Å². The molecule has 236 valence electrons. The summed E-state index contributed by atoms with van der Waals surface area (Å²) in [5, 5.41) is 28.0. The molecule has 1 aliphatic rings. The molecule has 0 bridgehead atoms. The molecule has 1 heterocycles. The minimum atomic E-state index is -1.01. The molecule has 0 aromatic heterocycles. The Morgan fingerprint density at radius 2 is 0.927 bits per heavy atom. The maximum atomic E-state index is 13.1. The van der Waals surface area contributed by atoms with Crippen LogP contribution in [0, 0.1) is 0 Å². The SMILES string of the molecule is CN(C=O)CCCN(C)CCCN(C)C(=O)CN1CCN(CC(=O)O)CCN(CC(=O)O)CCN(CC(=O)O)CC1. The third-order valence-corrected chi connectivity index (χ3v) is 7.06. The van der Waals surface area contributed by atoms with Gasteiger partial charge in [-0.1, -0.05) is 0 Å². The zero-order valence-corrected chi connectivity index (χ0v) is 24.8. The maximum Gasteiger partial charge on any atom is 0.317 e. The number of amides is 2. The number of carboxylic acids is 3. The zero-order chi connectivity index (χ0) is 30.8. The van der Waals surface area contributed by atoms with Gasteiger partial charge in [-0.3, -0.25) is 43.6 Å². The van der Waals surface area contributed by atoms with Gasteiger partial charge in [0.25, 0.3) is 0 Å². The average Bonchev–Trinajstić information content (AvgIpc) is 2.88. The molecule has 15 nitrogen and oxygen atoms in total. The molecular formula is C26H49N7O8. The van der Waals surface area contributed by atoms with E-state index in [2.05, 4.69) is 4.90 Å². The number of likely N-dealkylation sites (N-methyl/N-ethyl adjacent to an activating group) is 1. The first-order valence-electron chi connectivity index (χ1n) is 14.0. The molecule has 15 heteroatoms. The van der Waals surface area contributed by atoms with E-state index in [-0.39, 0.29) is 32.1 Å². The Balaban J connectivity index is 2.76. The highest BCUT2D eigenvalue weighted by Gasteiger charge is 2.22. The molecule has 0 atom stereocenters. The second kappa shape index (κ2) is 20.1. The maximum absolute atomic E-state index is 13.1. The fourth-order valence-corrected chi connectivity index (χ4v) is 4.55. The van der Waals surface area contributed by atoms with Crippen molar-refractivity contribution in [2.75, 3.05) is 126 Å². The Kier molecular flexibility index (Phi) is 17.7. The summed E-state index contributed by atoms with van der Waals surface area (Å²) >= 11 is 0. The number of hydrogen-bond acceptors (Lipinski definition) is 10. The highest BCUT2D eigenvalue weighted by molar-refractivity contribution is 5.78. The number of carbonyl (C=O) groups excluding carboxylic acids is 2. The third kappa shape index (κ3) is 17.5. The van der Waals surface area contributed by atoms with Crippen LogP contribution in [0.1, 0.15) is 12.8 Å². The van der Waals surface area contributed by atoms with Gasteiger partial charge in [-0.05, 0) is 33.0 Å². The first kappa shape index (κ1) is 36.2. The van der Waals surface area contributed by atoms with Gasteiger partial charge in [-0.15, -0.1) is 0 Å². The van der Waals surface area contributed by atoms with Crippen LogP contribution in [-0.4, -0.2) is 206 Å². The molecule has 3 N–H and O–H groups in total. The van der Waals surface area contributed by atoms with Gasteiger partial charge >= 0.3 is 17.9 Å². The predicted molar refractivity (Wildman–Crippen MR) is 152 cm³/mol. The molecule has 0 unspecified atom stereocenters. The van der Waals surface area contributed by atoms with Crippen molar-refractivity contribution in [3.8, 4) is 0 Å². The van der Waals surface area contributed by atoms with E-state index in [1.165, 1.54) is 0 Å². The summed E-state index contributed by atoms with van der Waals surface area (Å²) in [5.41, 5.74) is 0. The summed E-state index contributed by atoms with van der Waals surface area (Å²) in [7, 11) is 5.50. The lowest BCUT2D eigenvalue weighted by molar-refractivity contribution is -0.140. The van der Waals surface area contributed by atoms with E-state index in [1.54, 1.807) is 38.6 Å². The first-order valence-corrected chi connectivity index (χ1v) is 14.0. The summed E-state index contributed by atoms with van der Waals surface area (Å²) in [6.45, 7) is 5.27. The normalized spacial score (nSPS) is 17.0. The van der Waals surface area contributed by atoms with Gasteiger partial charge in [0.2, 0.25) is 12.3 Å². The lowest BCUT2D eigenvalue weighted by atomic mass is 10.3. The van der Waals surface area contributed by atoms with E-state index in [0.717, 1.165) is 32.3 Å². The van der Waals surface area contributed by atoms with Crippen LogP contribution in [0.25, 0.3) is 0 Å². The van der Waals surface area contributed by atoms with Gasteiger partial charge in [-0.2, -0.15) is 0 Å². The van der Waals surface area contributed by atoms with Crippen LogP contribution >= 0.6 is 0 Å². The molecule has 2 amide bonds. The molecular weight excluding hydrogens is 538 g/mol. The second-order valence-corrected chi connectivity index (χ2v) is 10.7. The minimum Gasteiger partial charge on any atom is -0.480 e. The molecule has 0 spiro atoms. The second-order valence-electron chi connectivity index (χ2n) is 10.7. The van der Waals surface area contributed by atoms with Crippen LogP contribution in [0.4, 0.5) is 0 Å². The van der Waals surface area contributed by atoms with Crippen molar-refractivity contribution < 1.29 is 39.3 Å². The standard InChI is InChI=1S/C26H49N7O8/c1-27(6-4-8-28(2)22-34)7-5-9-29(3)23(35)18-30-10-12-31(19-24(36)37)14-16-33(21-26(40)41)17-15-32(13-11-30)20-25(38)39/h22H,4-21H2,1-3H3,(H,36,37)(H,38,39)(H,40,41). The average molecular weight is 588 g/mol. The third-order valence-electron chi connectivity index (χ3n) is 7.06. The summed E-state index contributed by atoms with van der Waals surface area (Å²) < 4.78 is 0. The lowest BCUT2D eigenvalue weighted by Crippen LogP contribution is -2.50. The number of rotatable bonds is 17. The summed E-state index contributed by atoms with van der Waals surface area (Å²) in [5.74, 6) is -3.06. The van der Waals surface area contributed by atoms with E-state index in [0.29, 0.717) is 65.4 Å². The fourth-order valence-electron chi connectivity index (χ4n) is 4.55. The van der Waals surface area contributed by atoms with Gasteiger partial charge in [-0.25, -0.2) is 0 Å². The van der Waals surface area contributed by atoms with Crippen LogP contribution in [-0.2, 0) is 24.0 Å². The smallest absolute Gasteiger partial charge is 0.317 e. The molecule has 1 fully saturated rings. The highest BCUT2D eigenvalue weighted by atomic mass is 16.4. The number of carbonyl (C=O) groups is 5. The quantitative estimate of drug-likeness (QED) is 0.156. The monoisotopic (exact) mass is 587 g/mol. The molecule has 1 saturated heterocycles. The molecule has 1 rings (SSSR count). The van der Waals surface area contributed by atoms with E-state index >= 15 is 0 Å². The van der Waals surface area contributed by atoms with Crippen molar-refractivity contribution in [1.29, 1.82) is 0 Å². The molecule has 0 radical (unpaired) electrons. The first-order chi connectivity index (χ1) is 19.4. The number of carboxylic acid groups (broad SMARTS) is 3. The van der Waals surface area contributed by atoms with Crippen molar-refractivity contribution in [3.05, 3.63) is 0 Å².